The Labute approximate surface area is 104 Å². The van der Waals surface area contributed by atoms with E-state index in [1.807, 2.05) is 0 Å². The lowest BCUT2D eigenvalue weighted by Crippen LogP contribution is -2.46. The molecule has 2 rings (SSSR count). The predicted octanol–water partition coefficient (Wildman–Crippen LogP) is 2.03. The Kier molecular flexibility index (Phi) is 3.92. The Balaban J connectivity index is 1.81. The van der Waals surface area contributed by atoms with Crippen molar-refractivity contribution in [1.29, 1.82) is 0 Å². The molecule has 0 aromatic heterocycles. The smallest absolute Gasteiger partial charge is 0.145 e. The van der Waals surface area contributed by atoms with Crippen molar-refractivity contribution >= 4 is 5.84 Å². The van der Waals surface area contributed by atoms with Crippen LogP contribution in [0.25, 0.3) is 0 Å². The summed E-state index contributed by atoms with van der Waals surface area (Å²) in [5.74, 6) is 1.32. The van der Waals surface area contributed by atoms with Crippen molar-refractivity contribution in [1.82, 2.24) is 4.90 Å². The normalized spacial score (nSPS) is 27.5. The molecule has 98 valence electrons. The molecule has 1 saturated carbocycles. The molecule has 4 heteroatoms. The van der Waals surface area contributed by atoms with Gasteiger partial charge in [-0.3, -0.25) is 0 Å². The summed E-state index contributed by atoms with van der Waals surface area (Å²) < 4.78 is 0. The largest absolute Gasteiger partial charge is 0.409 e. The fraction of sp³-hybridized carbons (Fsp3) is 0.923. The zero-order valence-electron chi connectivity index (χ0n) is 10.9. The molecule has 2 aliphatic rings. The van der Waals surface area contributed by atoms with E-state index >= 15 is 0 Å². The Morgan fingerprint density at radius 1 is 1.35 bits per heavy atom. The molecule has 1 heterocycles. The first-order valence-electron chi connectivity index (χ1n) is 6.84. The fourth-order valence-corrected chi connectivity index (χ4v) is 3.16. The van der Waals surface area contributed by atoms with Gasteiger partial charge in [0.25, 0.3) is 0 Å². The molecule has 3 N–H and O–H groups in total. The molecule has 0 spiro atoms. The first-order valence-corrected chi connectivity index (χ1v) is 6.84. The minimum atomic E-state index is -0.0963. The molecule has 1 aliphatic heterocycles. The molecule has 0 atom stereocenters. The topological polar surface area (TPSA) is 61.9 Å². The van der Waals surface area contributed by atoms with Gasteiger partial charge in [-0.15, -0.1) is 0 Å². The van der Waals surface area contributed by atoms with E-state index in [-0.39, 0.29) is 5.41 Å². The average molecular weight is 239 g/mol. The number of piperidine rings is 1. The Bertz CT molecular complexity index is 276. The van der Waals surface area contributed by atoms with Gasteiger partial charge in [0.2, 0.25) is 0 Å². The van der Waals surface area contributed by atoms with Crippen molar-refractivity contribution in [2.75, 3.05) is 19.6 Å². The Morgan fingerprint density at radius 2 is 1.94 bits per heavy atom. The van der Waals surface area contributed by atoms with Gasteiger partial charge in [-0.05, 0) is 44.7 Å². The van der Waals surface area contributed by atoms with Crippen molar-refractivity contribution < 1.29 is 5.21 Å². The average Bonchev–Trinajstić information content (AvgIpc) is 2.84. The second-order valence-electron chi connectivity index (χ2n) is 6.00. The summed E-state index contributed by atoms with van der Waals surface area (Å²) in [6.45, 7) is 5.54. The highest BCUT2D eigenvalue weighted by Gasteiger charge is 2.34. The van der Waals surface area contributed by atoms with E-state index in [1.54, 1.807) is 0 Å². The summed E-state index contributed by atoms with van der Waals surface area (Å²) in [5, 5.41) is 12.0. The van der Waals surface area contributed by atoms with Gasteiger partial charge in [-0.2, -0.15) is 0 Å². The lowest BCUT2D eigenvalue weighted by atomic mass is 9.79. The standard InChI is InChI=1S/C13H25N3O/c1-13(12(14)15-17)6-8-16(9-7-13)10-11-4-2-3-5-11/h11,17H,2-10H2,1H3,(H2,14,15). The van der Waals surface area contributed by atoms with Crippen LogP contribution in [0.5, 0.6) is 0 Å². The molecular weight excluding hydrogens is 214 g/mol. The van der Waals surface area contributed by atoms with E-state index in [4.69, 9.17) is 10.9 Å². The summed E-state index contributed by atoms with van der Waals surface area (Å²) in [6, 6.07) is 0. The number of hydrogen-bond donors (Lipinski definition) is 2. The van der Waals surface area contributed by atoms with Crippen LogP contribution in [-0.4, -0.2) is 35.6 Å². The first-order chi connectivity index (χ1) is 8.14. The molecule has 17 heavy (non-hydrogen) atoms. The summed E-state index contributed by atoms with van der Waals surface area (Å²) in [5.41, 5.74) is 5.68. The molecule has 1 aliphatic carbocycles. The van der Waals surface area contributed by atoms with Crippen molar-refractivity contribution in [2.45, 2.75) is 45.4 Å². The van der Waals surface area contributed by atoms with E-state index in [1.165, 1.54) is 32.2 Å². The Hall–Kier alpha value is -0.770. The van der Waals surface area contributed by atoms with E-state index in [0.717, 1.165) is 31.8 Å². The van der Waals surface area contributed by atoms with Crippen LogP contribution in [0.15, 0.2) is 5.16 Å². The molecule has 0 aromatic rings. The van der Waals surface area contributed by atoms with Crippen LogP contribution in [0.3, 0.4) is 0 Å². The summed E-state index contributed by atoms with van der Waals surface area (Å²) >= 11 is 0. The molecule has 0 bridgehead atoms. The number of likely N-dealkylation sites (tertiary alicyclic amines) is 1. The molecule has 1 saturated heterocycles. The van der Waals surface area contributed by atoms with Crippen molar-refractivity contribution in [2.24, 2.45) is 22.2 Å². The quantitative estimate of drug-likeness (QED) is 0.343. The van der Waals surface area contributed by atoms with Crippen LogP contribution in [0.1, 0.15) is 45.4 Å². The highest BCUT2D eigenvalue weighted by atomic mass is 16.4. The fourth-order valence-electron chi connectivity index (χ4n) is 3.16. The lowest BCUT2D eigenvalue weighted by Gasteiger charge is -2.39. The van der Waals surface area contributed by atoms with Crippen LogP contribution in [0, 0.1) is 11.3 Å². The van der Waals surface area contributed by atoms with E-state index in [9.17, 15) is 0 Å². The lowest BCUT2D eigenvalue weighted by molar-refractivity contribution is 0.140. The maximum absolute atomic E-state index is 8.80. The number of rotatable bonds is 3. The third kappa shape index (κ3) is 2.92. The minimum Gasteiger partial charge on any atom is -0.409 e. The maximum Gasteiger partial charge on any atom is 0.145 e. The van der Waals surface area contributed by atoms with Gasteiger partial charge in [0, 0.05) is 12.0 Å². The van der Waals surface area contributed by atoms with Gasteiger partial charge in [-0.25, -0.2) is 0 Å². The monoisotopic (exact) mass is 239 g/mol. The maximum atomic E-state index is 8.80. The second kappa shape index (κ2) is 5.25. The number of hydrogen-bond acceptors (Lipinski definition) is 3. The molecule has 0 aromatic carbocycles. The third-order valence-electron chi connectivity index (χ3n) is 4.68. The van der Waals surface area contributed by atoms with Crippen LogP contribution in [0.4, 0.5) is 0 Å². The van der Waals surface area contributed by atoms with Crippen LogP contribution < -0.4 is 5.73 Å². The molecule has 0 radical (unpaired) electrons. The van der Waals surface area contributed by atoms with Crippen LogP contribution in [-0.2, 0) is 0 Å². The number of nitrogens with zero attached hydrogens (tertiary/aromatic N) is 2. The molecule has 0 amide bonds. The van der Waals surface area contributed by atoms with Crippen molar-refractivity contribution in [3.8, 4) is 0 Å². The molecule has 0 unspecified atom stereocenters. The predicted molar refractivity (Wildman–Crippen MR) is 69.1 cm³/mol. The van der Waals surface area contributed by atoms with E-state index < -0.39 is 0 Å². The van der Waals surface area contributed by atoms with Crippen LogP contribution in [0.2, 0.25) is 0 Å². The van der Waals surface area contributed by atoms with Gasteiger partial charge in [0.1, 0.15) is 5.84 Å². The van der Waals surface area contributed by atoms with E-state index in [2.05, 4.69) is 17.0 Å². The zero-order chi connectivity index (χ0) is 12.3. The van der Waals surface area contributed by atoms with Crippen molar-refractivity contribution in [3.63, 3.8) is 0 Å². The number of oxime groups is 1. The van der Waals surface area contributed by atoms with Crippen LogP contribution >= 0.6 is 0 Å². The number of amidine groups is 1. The summed E-state index contributed by atoms with van der Waals surface area (Å²) in [4.78, 5) is 2.56. The first kappa shape index (κ1) is 12.7. The third-order valence-corrected chi connectivity index (χ3v) is 4.68. The Morgan fingerprint density at radius 3 is 2.47 bits per heavy atom. The van der Waals surface area contributed by atoms with Crippen molar-refractivity contribution in [3.05, 3.63) is 0 Å². The molecule has 4 nitrogen and oxygen atoms in total. The highest BCUT2D eigenvalue weighted by Crippen LogP contribution is 2.33. The minimum absolute atomic E-state index is 0.0963. The zero-order valence-corrected chi connectivity index (χ0v) is 10.9. The van der Waals surface area contributed by atoms with Gasteiger partial charge >= 0.3 is 0 Å². The SMILES string of the molecule is CC1(C(N)=NO)CCN(CC2CCCC2)CC1. The summed E-state index contributed by atoms with van der Waals surface area (Å²) in [6.07, 6.45) is 7.67. The molecule has 2 fully saturated rings. The van der Waals surface area contributed by atoms with Gasteiger partial charge in [0.05, 0.1) is 0 Å². The highest BCUT2D eigenvalue weighted by molar-refractivity contribution is 5.85. The summed E-state index contributed by atoms with van der Waals surface area (Å²) in [7, 11) is 0. The van der Waals surface area contributed by atoms with Gasteiger partial charge < -0.3 is 15.8 Å². The van der Waals surface area contributed by atoms with E-state index in [0.29, 0.717) is 5.84 Å². The number of nitrogens with two attached hydrogens (primary N) is 1. The second-order valence-corrected chi connectivity index (χ2v) is 6.00. The van der Waals surface area contributed by atoms with Gasteiger partial charge in [0.15, 0.2) is 0 Å². The van der Waals surface area contributed by atoms with Gasteiger partial charge in [-0.1, -0.05) is 24.9 Å². The molecular formula is C13H25N3O.